The van der Waals surface area contributed by atoms with E-state index in [-0.39, 0.29) is 5.82 Å². The van der Waals surface area contributed by atoms with Gasteiger partial charge in [0, 0.05) is 17.1 Å². The van der Waals surface area contributed by atoms with Crippen molar-refractivity contribution in [2.24, 2.45) is 0 Å². The number of halogens is 1. The Morgan fingerprint density at radius 1 is 0.897 bits per heavy atom. The largest absolute Gasteiger partial charge is 0.316 e. The second-order valence-corrected chi connectivity index (χ2v) is 7.92. The van der Waals surface area contributed by atoms with Crippen molar-refractivity contribution in [3.8, 4) is 5.69 Å². The number of nitrogens with zero attached hydrogens (tertiary/aromatic N) is 1. The molecule has 1 aromatic heterocycles. The fourth-order valence-electron chi connectivity index (χ4n) is 3.99. The van der Waals surface area contributed by atoms with Gasteiger partial charge in [-0.25, -0.2) is 4.39 Å². The highest BCUT2D eigenvalue weighted by Gasteiger charge is 2.13. The van der Waals surface area contributed by atoms with Crippen molar-refractivity contribution >= 4 is 16.5 Å². The first kappa shape index (κ1) is 19.2. The van der Waals surface area contributed by atoms with Crippen LogP contribution in [0.4, 0.5) is 4.39 Å². The topological polar surface area (TPSA) is 4.93 Å². The van der Waals surface area contributed by atoms with E-state index in [1.165, 1.54) is 22.1 Å². The Balaban J connectivity index is 1.71. The van der Waals surface area contributed by atoms with Crippen LogP contribution in [0.15, 0.2) is 73.4 Å². The first-order chi connectivity index (χ1) is 13.9. The zero-order valence-electron chi connectivity index (χ0n) is 17.3. The Morgan fingerprint density at radius 2 is 1.62 bits per heavy atom. The Labute approximate surface area is 172 Å². The molecule has 0 aliphatic rings. The number of rotatable bonds is 5. The third-order valence-corrected chi connectivity index (χ3v) is 5.62. The zero-order chi connectivity index (χ0) is 20.5. The van der Waals surface area contributed by atoms with Crippen LogP contribution < -0.4 is 0 Å². The molecule has 0 saturated heterocycles. The number of aryl methyl sites for hydroxylation is 4. The van der Waals surface area contributed by atoms with Gasteiger partial charge in [-0.15, -0.1) is 0 Å². The van der Waals surface area contributed by atoms with E-state index in [1.54, 1.807) is 6.07 Å². The lowest BCUT2D eigenvalue weighted by atomic mass is 10.0. The summed E-state index contributed by atoms with van der Waals surface area (Å²) in [6.45, 7) is 9.87. The average molecular weight is 384 g/mol. The fraction of sp³-hybridized carbons (Fsp3) is 0.185. The number of fused-ring (bicyclic) bond motifs is 1. The van der Waals surface area contributed by atoms with Crippen molar-refractivity contribution in [1.29, 1.82) is 0 Å². The van der Waals surface area contributed by atoms with E-state index in [0.29, 0.717) is 5.56 Å². The van der Waals surface area contributed by atoms with Crippen molar-refractivity contribution in [2.75, 3.05) is 0 Å². The highest BCUT2D eigenvalue weighted by molar-refractivity contribution is 5.86. The molecule has 0 atom stereocenters. The number of hydrogen-bond acceptors (Lipinski definition) is 0. The number of hydrogen-bond donors (Lipinski definition) is 0. The fourth-order valence-corrected chi connectivity index (χ4v) is 3.99. The average Bonchev–Trinajstić information content (AvgIpc) is 3.04. The molecule has 0 spiro atoms. The Morgan fingerprint density at radius 3 is 2.34 bits per heavy atom. The SMILES string of the molecule is C=C(C)c1cc(C)c(-n2cc(C)c3cc(CCc4ccccc4)ccc32)cc1F. The van der Waals surface area contributed by atoms with Crippen LogP contribution in [0, 0.1) is 19.7 Å². The number of aromatic nitrogens is 1. The molecule has 4 aromatic rings. The Hall–Kier alpha value is -3.13. The lowest BCUT2D eigenvalue weighted by Gasteiger charge is -2.13. The lowest BCUT2D eigenvalue weighted by Crippen LogP contribution is -1.99. The molecule has 0 bridgehead atoms. The molecule has 2 heteroatoms. The van der Waals surface area contributed by atoms with Crippen LogP contribution in [-0.2, 0) is 12.8 Å². The molecule has 3 aromatic carbocycles. The van der Waals surface area contributed by atoms with Crippen LogP contribution in [0.1, 0.15) is 34.7 Å². The second-order valence-electron chi connectivity index (χ2n) is 7.92. The lowest BCUT2D eigenvalue weighted by molar-refractivity contribution is 0.622. The molecule has 1 nitrogen and oxygen atoms in total. The maximum Gasteiger partial charge on any atom is 0.132 e. The van der Waals surface area contributed by atoms with Crippen LogP contribution in [0.2, 0.25) is 0 Å². The quantitative estimate of drug-likeness (QED) is 0.343. The van der Waals surface area contributed by atoms with Gasteiger partial charge < -0.3 is 4.57 Å². The van der Waals surface area contributed by atoms with Crippen molar-refractivity contribution in [1.82, 2.24) is 4.57 Å². The summed E-state index contributed by atoms with van der Waals surface area (Å²) in [5.41, 5.74) is 8.23. The second kappa shape index (κ2) is 7.71. The molecule has 0 fully saturated rings. The van der Waals surface area contributed by atoms with Gasteiger partial charge in [-0.3, -0.25) is 0 Å². The van der Waals surface area contributed by atoms with Gasteiger partial charge >= 0.3 is 0 Å². The van der Waals surface area contributed by atoms with E-state index in [4.69, 9.17) is 0 Å². The van der Waals surface area contributed by atoms with E-state index in [2.05, 4.69) is 72.8 Å². The van der Waals surface area contributed by atoms with Gasteiger partial charge in [0.15, 0.2) is 0 Å². The summed E-state index contributed by atoms with van der Waals surface area (Å²) in [6.07, 6.45) is 4.14. The van der Waals surface area contributed by atoms with E-state index < -0.39 is 0 Å². The monoisotopic (exact) mass is 383 g/mol. The smallest absolute Gasteiger partial charge is 0.132 e. The highest BCUT2D eigenvalue weighted by Crippen LogP contribution is 2.30. The van der Waals surface area contributed by atoms with Crippen molar-refractivity contribution < 1.29 is 4.39 Å². The molecule has 0 N–H and O–H groups in total. The summed E-state index contributed by atoms with van der Waals surface area (Å²) in [7, 11) is 0. The predicted octanol–water partition coefficient (Wildman–Crippen LogP) is 7.20. The Kier molecular flexibility index (Phi) is 5.10. The molecule has 0 amide bonds. The van der Waals surface area contributed by atoms with Gasteiger partial charge in [0.2, 0.25) is 0 Å². The first-order valence-electron chi connectivity index (χ1n) is 10.0. The molecule has 0 unspecified atom stereocenters. The third-order valence-electron chi connectivity index (χ3n) is 5.62. The van der Waals surface area contributed by atoms with Gasteiger partial charge in [-0.1, -0.05) is 43.0 Å². The minimum atomic E-state index is -0.225. The minimum Gasteiger partial charge on any atom is -0.316 e. The molecule has 0 aliphatic heterocycles. The molecule has 0 radical (unpaired) electrons. The first-order valence-corrected chi connectivity index (χ1v) is 10.0. The van der Waals surface area contributed by atoms with Crippen LogP contribution >= 0.6 is 0 Å². The molecular formula is C27H26FN. The molecule has 0 saturated carbocycles. The maximum atomic E-state index is 14.6. The molecular weight excluding hydrogens is 357 g/mol. The Bertz CT molecular complexity index is 1200. The number of benzene rings is 3. The summed E-state index contributed by atoms with van der Waals surface area (Å²) in [4.78, 5) is 0. The van der Waals surface area contributed by atoms with Gasteiger partial charge in [0.25, 0.3) is 0 Å². The summed E-state index contributed by atoms with van der Waals surface area (Å²) in [6, 6.07) is 20.7. The highest BCUT2D eigenvalue weighted by atomic mass is 19.1. The normalized spacial score (nSPS) is 11.2. The van der Waals surface area contributed by atoms with Crippen LogP contribution in [0.3, 0.4) is 0 Å². The van der Waals surface area contributed by atoms with E-state index >= 15 is 0 Å². The summed E-state index contributed by atoms with van der Waals surface area (Å²) >= 11 is 0. The summed E-state index contributed by atoms with van der Waals surface area (Å²) < 4.78 is 16.7. The van der Waals surface area contributed by atoms with E-state index in [9.17, 15) is 4.39 Å². The van der Waals surface area contributed by atoms with Gasteiger partial charge in [0.05, 0.1) is 11.2 Å². The standard InChI is InChI=1S/C27H26FN/c1-18(2)23-14-19(3)27(16-25(23)28)29-17-20(4)24-15-22(12-13-26(24)29)11-10-21-8-6-5-7-9-21/h5-9,12-17H,1,10-11H2,2-4H3. The molecule has 29 heavy (non-hydrogen) atoms. The third kappa shape index (κ3) is 3.75. The summed E-state index contributed by atoms with van der Waals surface area (Å²) in [5, 5.41) is 1.22. The number of allylic oxidation sites excluding steroid dienone is 1. The van der Waals surface area contributed by atoms with E-state index in [1.807, 2.05) is 19.9 Å². The van der Waals surface area contributed by atoms with Gasteiger partial charge in [0.1, 0.15) is 5.82 Å². The zero-order valence-corrected chi connectivity index (χ0v) is 17.3. The van der Waals surface area contributed by atoms with Crippen molar-refractivity contribution in [2.45, 2.75) is 33.6 Å². The maximum absolute atomic E-state index is 14.6. The predicted molar refractivity (Wildman–Crippen MR) is 121 cm³/mol. The molecule has 1 heterocycles. The van der Waals surface area contributed by atoms with Gasteiger partial charge in [-0.05, 0) is 85.7 Å². The summed E-state index contributed by atoms with van der Waals surface area (Å²) in [5.74, 6) is -0.225. The van der Waals surface area contributed by atoms with Gasteiger partial charge in [-0.2, -0.15) is 0 Å². The van der Waals surface area contributed by atoms with Crippen molar-refractivity contribution in [3.05, 3.63) is 107 Å². The van der Waals surface area contributed by atoms with Crippen LogP contribution in [0.5, 0.6) is 0 Å². The molecule has 0 aliphatic carbocycles. The van der Waals surface area contributed by atoms with Crippen LogP contribution in [-0.4, -0.2) is 4.57 Å². The van der Waals surface area contributed by atoms with E-state index in [0.717, 1.165) is 35.2 Å². The minimum absolute atomic E-state index is 0.225. The molecule has 146 valence electrons. The molecule has 4 rings (SSSR count). The van der Waals surface area contributed by atoms with Crippen LogP contribution in [0.25, 0.3) is 22.2 Å². The van der Waals surface area contributed by atoms with Crippen molar-refractivity contribution in [3.63, 3.8) is 0 Å².